The Morgan fingerprint density at radius 2 is 1.72 bits per heavy atom. The Hall–Kier alpha value is -4.06. The molecule has 7 aliphatic rings. The number of aliphatic hydroxyl groups excluding tert-OH is 1. The van der Waals surface area contributed by atoms with Gasteiger partial charge in [-0.15, -0.1) is 0 Å². The van der Waals surface area contributed by atoms with E-state index in [0.29, 0.717) is 35.4 Å². The third kappa shape index (κ3) is 4.21. The summed E-state index contributed by atoms with van der Waals surface area (Å²) in [6.07, 6.45) is 0.703. The number of ether oxygens (including phenoxy) is 1. The molecule has 2 aromatic rings. The summed E-state index contributed by atoms with van der Waals surface area (Å²) in [5.74, 6) is -2.07. The van der Waals surface area contributed by atoms with Crippen molar-refractivity contribution in [3.05, 3.63) is 64.4 Å². The molecule has 5 unspecified atom stereocenters. The molecule has 240 valence electrons. The maximum absolute atomic E-state index is 13.8. The normalized spacial score (nSPS) is 32.8. The Morgan fingerprint density at radius 3 is 2.39 bits per heavy atom. The van der Waals surface area contributed by atoms with E-state index in [1.807, 2.05) is 24.3 Å². The second-order valence-corrected chi connectivity index (χ2v) is 14.4. The van der Waals surface area contributed by atoms with Crippen molar-refractivity contribution in [3.8, 4) is 16.9 Å². The highest BCUT2D eigenvalue weighted by atomic mass is 16.5. The summed E-state index contributed by atoms with van der Waals surface area (Å²) in [7, 11) is 0. The SMILES string of the molecule is CC(O)C1C(=O)N2C(C(=O)O)=C3C(Oc4cccc5c4-c4ccc(C[N+]67CC[N+](CC(N)=O)(CC6)CC7)cc4C5=O)CCCC3C12. The van der Waals surface area contributed by atoms with Crippen LogP contribution in [0.3, 0.4) is 0 Å². The van der Waals surface area contributed by atoms with Crippen molar-refractivity contribution < 1.29 is 43.1 Å². The zero-order valence-corrected chi connectivity index (χ0v) is 26.0. The monoisotopic (exact) mass is 628 g/mol. The Morgan fingerprint density at radius 1 is 1.00 bits per heavy atom. The minimum absolute atomic E-state index is 0.0103. The maximum atomic E-state index is 13.8. The van der Waals surface area contributed by atoms with Gasteiger partial charge in [-0.05, 0) is 43.9 Å². The van der Waals surface area contributed by atoms with Gasteiger partial charge in [0.1, 0.15) is 63.4 Å². The number of rotatable bonds is 8. The van der Waals surface area contributed by atoms with E-state index in [0.717, 1.165) is 84.3 Å². The molecular weight excluding hydrogens is 588 g/mol. The van der Waals surface area contributed by atoms with Gasteiger partial charge in [-0.25, -0.2) is 4.79 Å². The highest BCUT2D eigenvalue weighted by molar-refractivity contribution is 6.22. The molecule has 5 heterocycles. The molecule has 2 amide bonds. The molecule has 0 aromatic heterocycles. The fraction of sp³-hybridized carbons (Fsp3) is 0.486. The molecule has 9 rings (SSSR count). The number of quaternary nitrogens is 2. The van der Waals surface area contributed by atoms with Gasteiger partial charge in [0.15, 0.2) is 12.3 Å². The minimum atomic E-state index is -1.16. The summed E-state index contributed by atoms with van der Waals surface area (Å²) >= 11 is 0. The van der Waals surface area contributed by atoms with E-state index < -0.39 is 24.1 Å². The van der Waals surface area contributed by atoms with Gasteiger partial charge in [0.2, 0.25) is 5.91 Å². The summed E-state index contributed by atoms with van der Waals surface area (Å²) in [5, 5.41) is 20.5. The molecule has 0 spiro atoms. The lowest BCUT2D eigenvalue weighted by Gasteiger charge is -2.55. The number of ketones is 1. The second kappa shape index (κ2) is 10.2. The Kier molecular flexibility index (Phi) is 6.52. The average molecular weight is 629 g/mol. The molecule has 2 aromatic carbocycles. The number of carbonyl (C=O) groups excluding carboxylic acids is 3. The predicted molar refractivity (Wildman–Crippen MR) is 165 cm³/mol. The number of carboxylic acid groups (broad SMARTS) is 1. The number of carbonyl (C=O) groups is 4. The summed E-state index contributed by atoms with van der Waals surface area (Å²) in [6.45, 7) is 8.58. The molecule has 2 aliphatic carbocycles. The van der Waals surface area contributed by atoms with Crippen LogP contribution in [0, 0.1) is 11.8 Å². The number of fused-ring (bicyclic) bond motifs is 9. The van der Waals surface area contributed by atoms with Crippen molar-refractivity contribution in [1.29, 1.82) is 0 Å². The van der Waals surface area contributed by atoms with Crippen LogP contribution in [0.4, 0.5) is 0 Å². The van der Waals surface area contributed by atoms with E-state index in [1.54, 1.807) is 13.0 Å². The molecule has 5 fully saturated rings. The predicted octanol–water partition coefficient (Wildman–Crippen LogP) is 1.65. The molecule has 5 atom stereocenters. The number of carboxylic acids is 1. The number of nitrogens with two attached hydrogens (primary N) is 1. The number of β-lactam (4-membered cyclic amide) rings is 1. The maximum Gasteiger partial charge on any atom is 0.352 e. The highest BCUT2D eigenvalue weighted by Crippen LogP contribution is 2.53. The fourth-order valence-corrected chi connectivity index (χ4v) is 9.58. The van der Waals surface area contributed by atoms with E-state index in [2.05, 4.69) is 6.07 Å². The van der Waals surface area contributed by atoms with Gasteiger partial charge in [0.25, 0.3) is 5.91 Å². The van der Waals surface area contributed by atoms with Crippen molar-refractivity contribution in [2.75, 3.05) is 45.8 Å². The number of aliphatic carboxylic acids is 1. The highest BCUT2D eigenvalue weighted by Gasteiger charge is 2.62. The molecule has 1 saturated carbocycles. The Balaban J connectivity index is 1.07. The van der Waals surface area contributed by atoms with Gasteiger partial charge < -0.3 is 34.5 Å². The number of nitrogens with zero attached hydrogens (tertiary/aromatic N) is 3. The van der Waals surface area contributed by atoms with Gasteiger partial charge in [0, 0.05) is 33.7 Å². The first kappa shape index (κ1) is 29.3. The van der Waals surface area contributed by atoms with Crippen molar-refractivity contribution in [2.24, 2.45) is 17.6 Å². The van der Waals surface area contributed by atoms with Crippen molar-refractivity contribution >= 4 is 23.6 Å². The van der Waals surface area contributed by atoms with E-state index >= 15 is 0 Å². The number of benzene rings is 2. The van der Waals surface area contributed by atoms with Crippen molar-refractivity contribution in [1.82, 2.24) is 4.90 Å². The number of aliphatic hydroxyl groups is 1. The third-order valence-electron chi connectivity index (χ3n) is 11.9. The summed E-state index contributed by atoms with van der Waals surface area (Å²) < 4.78 is 8.41. The van der Waals surface area contributed by atoms with Crippen LogP contribution in [0.1, 0.15) is 47.7 Å². The lowest BCUT2D eigenvalue weighted by atomic mass is 9.71. The van der Waals surface area contributed by atoms with Gasteiger partial charge in [0.05, 0.1) is 18.1 Å². The first-order valence-electron chi connectivity index (χ1n) is 16.5. The number of primary amides is 1. The number of hydrogen-bond acceptors (Lipinski definition) is 6. The molecule has 2 bridgehead atoms. The van der Waals surface area contributed by atoms with Crippen LogP contribution in [-0.2, 0) is 20.9 Å². The first-order valence-corrected chi connectivity index (χ1v) is 16.5. The summed E-state index contributed by atoms with van der Waals surface area (Å²) in [6, 6.07) is 11.2. The molecule has 46 heavy (non-hydrogen) atoms. The third-order valence-corrected chi connectivity index (χ3v) is 11.9. The largest absolute Gasteiger partial charge is 0.485 e. The standard InChI is InChI=1S/C35H38N4O7/c1-19(40)28-31-22-4-2-7-26(30(22)32(35(44)45)37(31)34(28)43)46-25-6-3-5-23-29(25)21-9-8-20(16-24(21)33(23)42)17-38-10-13-39(14-11-38,15-12-38)18-27(36)41/h3,5-6,8-9,16,19,22,26,28,31,40H,2,4,7,10-15,17-18H2,1H3,(H-2,36,41,44,45)/p+2. The van der Waals surface area contributed by atoms with E-state index in [9.17, 15) is 29.4 Å². The van der Waals surface area contributed by atoms with Crippen molar-refractivity contribution in [3.63, 3.8) is 0 Å². The zero-order valence-electron chi connectivity index (χ0n) is 26.0. The molecule has 4 saturated heterocycles. The van der Waals surface area contributed by atoms with Gasteiger partial charge in [-0.3, -0.25) is 14.4 Å². The van der Waals surface area contributed by atoms with E-state index in [4.69, 9.17) is 10.5 Å². The number of hydrogen-bond donors (Lipinski definition) is 3. The first-order chi connectivity index (χ1) is 22.0. The Labute approximate surface area is 267 Å². The van der Waals surface area contributed by atoms with Crippen LogP contribution in [0.2, 0.25) is 0 Å². The quantitative estimate of drug-likeness (QED) is 0.254. The van der Waals surface area contributed by atoms with Crippen LogP contribution in [0.5, 0.6) is 5.75 Å². The van der Waals surface area contributed by atoms with Crippen LogP contribution < -0.4 is 10.5 Å². The fourth-order valence-electron chi connectivity index (χ4n) is 9.58. The summed E-state index contributed by atoms with van der Waals surface area (Å²) in [4.78, 5) is 52.3. The number of amides is 2. The van der Waals surface area contributed by atoms with Gasteiger partial charge >= 0.3 is 5.97 Å². The lowest BCUT2D eigenvalue weighted by Crippen LogP contribution is -2.75. The van der Waals surface area contributed by atoms with Gasteiger partial charge in [-0.2, -0.15) is 0 Å². The van der Waals surface area contributed by atoms with E-state index in [1.165, 1.54) is 4.90 Å². The smallest absolute Gasteiger partial charge is 0.352 e. The van der Waals surface area contributed by atoms with E-state index in [-0.39, 0.29) is 35.3 Å². The Bertz CT molecular complexity index is 1720. The second-order valence-electron chi connectivity index (χ2n) is 14.4. The van der Waals surface area contributed by atoms with Crippen LogP contribution in [0.25, 0.3) is 11.1 Å². The molecule has 11 heteroatoms. The van der Waals surface area contributed by atoms with Crippen LogP contribution >= 0.6 is 0 Å². The molecule has 4 N–H and O–H groups in total. The number of piperazine rings is 3. The topological polar surface area (TPSA) is 147 Å². The van der Waals surface area contributed by atoms with Crippen LogP contribution in [-0.4, -0.2) is 112 Å². The molecule has 0 radical (unpaired) electrons. The average Bonchev–Trinajstić information content (AvgIpc) is 3.48. The van der Waals surface area contributed by atoms with Gasteiger partial charge in [-0.1, -0.05) is 24.3 Å². The summed E-state index contributed by atoms with van der Waals surface area (Å²) in [5.41, 5.74) is 10.0. The lowest BCUT2D eigenvalue weighted by molar-refractivity contribution is -1.08. The van der Waals surface area contributed by atoms with Crippen LogP contribution in [0.15, 0.2) is 47.7 Å². The van der Waals surface area contributed by atoms with Crippen molar-refractivity contribution in [2.45, 2.75) is 51.0 Å². The molecule has 11 nitrogen and oxygen atoms in total. The zero-order chi connectivity index (χ0) is 32.1. The molecular formula is C35H40N4O7+2. The molecule has 5 aliphatic heterocycles. The minimum Gasteiger partial charge on any atom is -0.485 e.